The minimum absolute atomic E-state index is 0.161. The van der Waals surface area contributed by atoms with Crippen LogP contribution >= 0.6 is 0 Å². The van der Waals surface area contributed by atoms with Gasteiger partial charge in [-0.1, -0.05) is 6.58 Å². The van der Waals surface area contributed by atoms with Crippen LogP contribution in [-0.2, 0) is 19.2 Å². The lowest BCUT2D eigenvalue weighted by molar-refractivity contribution is -0.111. The molecule has 0 aromatic rings. The van der Waals surface area contributed by atoms with Crippen LogP contribution < -0.4 is 0 Å². The number of carbonyl (C=O) groups excluding carboxylic acids is 3. The lowest BCUT2D eigenvalue weighted by atomic mass is 10.1. The van der Waals surface area contributed by atoms with Gasteiger partial charge in [-0.05, 0) is 12.5 Å². The van der Waals surface area contributed by atoms with Crippen molar-refractivity contribution in [2.45, 2.75) is 6.92 Å². The van der Waals surface area contributed by atoms with Gasteiger partial charge < -0.3 is 4.84 Å². The van der Waals surface area contributed by atoms with Crippen molar-refractivity contribution in [3.8, 4) is 0 Å². The van der Waals surface area contributed by atoms with Gasteiger partial charge in [-0.15, -0.1) is 0 Å². The Morgan fingerprint density at radius 2 is 2.29 bits per heavy atom. The Morgan fingerprint density at radius 1 is 1.64 bits per heavy atom. The summed E-state index contributed by atoms with van der Waals surface area (Å²) in [5, 5.41) is 2.75. The van der Waals surface area contributed by atoms with Crippen LogP contribution in [0.1, 0.15) is 6.92 Å². The fourth-order valence-corrected chi connectivity index (χ4v) is 0.591. The molecular formula is C8H8N2O4. The highest BCUT2D eigenvalue weighted by atomic mass is 16.6. The average molecular weight is 196 g/mol. The van der Waals surface area contributed by atoms with Crippen LogP contribution in [0.2, 0.25) is 0 Å². The van der Waals surface area contributed by atoms with Crippen molar-refractivity contribution in [1.29, 1.82) is 0 Å². The number of hydrogen-bond donors (Lipinski definition) is 0. The fourth-order valence-electron chi connectivity index (χ4n) is 0.591. The molecule has 0 atom stereocenters. The summed E-state index contributed by atoms with van der Waals surface area (Å²) < 4.78 is 0. The zero-order valence-corrected chi connectivity index (χ0v) is 7.52. The molecule has 6 nitrogen and oxygen atoms in total. The third-order valence-electron chi connectivity index (χ3n) is 1.16. The number of allylic oxidation sites excluding steroid dienone is 1. The van der Waals surface area contributed by atoms with Gasteiger partial charge in [-0.2, -0.15) is 0 Å². The van der Waals surface area contributed by atoms with Crippen molar-refractivity contribution in [3.63, 3.8) is 0 Å². The molecule has 0 saturated carbocycles. The van der Waals surface area contributed by atoms with Crippen LogP contribution in [0, 0.1) is 0 Å². The monoisotopic (exact) mass is 196 g/mol. The van der Waals surface area contributed by atoms with Crippen molar-refractivity contribution >= 4 is 24.0 Å². The molecule has 0 spiro atoms. The van der Waals surface area contributed by atoms with Gasteiger partial charge in [0.2, 0.25) is 12.2 Å². The van der Waals surface area contributed by atoms with E-state index in [2.05, 4.69) is 21.6 Å². The van der Waals surface area contributed by atoms with Gasteiger partial charge in [0, 0.05) is 5.16 Å². The standard InChI is InChI=1S/C8H8N2O4/c1-6(2)8(13)7(9-4-11)3-14-10-5-12/h4H,1,3H2,2H3. The summed E-state index contributed by atoms with van der Waals surface area (Å²) in [5.74, 6) is -0.516. The first kappa shape index (κ1) is 11.9. The van der Waals surface area contributed by atoms with E-state index in [-0.39, 0.29) is 24.3 Å². The van der Waals surface area contributed by atoms with E-state index in [1.54, 1.807) is 0 Å². The Kier molecular flexibility index (Phi) is 5.49. The van der Waals surface area contributed by atoms with Crippen LogP contribution in [0.5, 0.6) is 0 Å². The molecule has 14 heavy (non-hydrogen) atoms. The number of amides is 1. The molecule has 0 unspecified atom stereocenters. The zero-order chi connectivity index (χ0) is 11.0. The number of rotatable bonds is 6. The maximum atomic E-state index is 11.2. The van der Waals surface area contributed by atoms with E-state index in [1.807, 2.05) is 0 Å². The number of hydrogen-bond acceptors (Lipinski definition) is 5. The lowest BCUT2D eigenvalue weighted by Crippen LogP contribution is -2.20. The molecule has 0 fully saturated rings. The van der Waals surface area contributed by atoms with Gasteiger partial charge in [0.05, 0.1) is 0 Å². The van der Waals surface area contributed by atoms with Gasteiger partial charge in [-0.3, -0.25) is 9.59 Å². The van der Waals surface area contributed by atoms with E-state index in [0.717, 1.165) is 6.08 Å². The summed E-state index contributed by atoms with van der Waals surface area (Å²) >= 11 is 0. The molecule has 1 amide bonds. The molecule has 0 bridgehead atoms. The van der Waals surface area contributed by atoms with Gasteiger partial charge >= 0.3 is 0 Å². The first-order valence-electron chi connectivity index (χ1n) is 3.53. The first-order chi connectivity index (χ1) is 6.63. The summed E-state index contributed by atoms with van der Waals surface area (Å²) in [5.41, 5.74) is 0.0517. The number of nitrogens with zero attached hydrogens (tertiary/aromatic N) is 2. The van der Waals surface area contributed by atoms with Crippen LogP contribution in [0.4, 0.5) is 0 Å². The zero-order valence-electron chi connectivity index (χ0n) is 7.52. The van der Waals surface area contributed by atoms with Crippen LogP contribution in [0.3, 0.4) is 0 Å². The Morgan fingerprint density at radius 3 is 2.71 bits per heavy atom. The Hall–Kier alpha value is -2.07. The second-order valence-corrected chi connectivity index (χ2v) is 2.25. The van der Waals surface area contributed by atoms with Gasteiger partial charge in [0.15, 0.2) is 6.61 Å². The molecule has 0 rings (SSSR count). The van der Waals surface area contributed by atoms with E-state index < -0.39 is 5.78 Å². The van der Waals surface area contributed by atoms with Crippen molar-refractivity contribution in [3.05, 3.63) is 12.2 Å². The SMILES string of the molecule is C=C(C)C(=O)C(CON=C=O)=NC=O. The summed E-state index contributed by atoms with van der Waals surface area (Å²) in [6.07, 6.45) is 1.31. The minimum atomic E-state index is -0.516. The van der Waals surface area contributed by atoms with Crippen molar-refractivity contribution in [2.24, 2.45) is 10.1 Å². The smallest absolute Gasteiger partial charge is 0.276 e. The summed E-state index contributed by atoms with van der Waals surface area (Å²) in [6.45, 7) is 4.48. The maximum Gasteiger partial charge on any atom is 0.276 e. The first-order valence-corrected chi connectivity index (χ1v) is 3.53. The second kappa shape index (κ2) is 6.45. The normalized spacial score (nSPS) is 9.93. The molecule has 0 aliphatic heterocycles. The molecule has 0 aliphatic rings. The summed E-state index contributed by atoms with van der Waals surface area (Å²) in [6, 6.07) is 0. The quantitative estimate of drug-likeness (QED) is 0.197. The van der Waals surface area contributed by atoms with Gasteiger partial charge in [0.1, 0.15) is 5.71 Å². The highest BCUT2D eigenvalue weighted by molar-refractivity contribution is 6.46. The van der Waals surface area contributed by atoms with E-state index >= 15 is 0 Å². The molecule has 0 N–H and O–H groups in total. The Labute approximate surface area is 79.9 Å². The summed E-state index contributed by atoms with van der Waals surface area (Å²) in [7, 11) is 0. The minimum Gasteiger partial charge on any atom is -0.379 e. The van der Waals surface area contributed by atoms with Crippen molar-refractivity contribution in [2.75, 3.05) is 6.61 Å². The number of isocyanates is 1. The van der Waals surface area contributed by atoms with E-state index in [0.29, 0.717) is 0 Å². The summed E-state index contributed by atoms with van der Waals surface area (Å²) in [4.78, 5) is 38.4. The molecule has 0 aliphatic carbocycles. The second-order valence-electron chi connectivity index (χ2n) is 2.25. The molecule has 0 aromatic carbocycles. The van der Waals surface area contributed by atoms with E-state index in [1.165, 1.54) is 6.92 Å². The van der Waals surface area contributed by atoms with Crippen LogP contribution in [0.25, 0.3) is 0 Å². The van der Waals surface area contributed by atoms with Crippen molar-refractivity contribution < 1.29 is 19.2 Å². The maximum absolute atomic E-state index is 11.2. The third-order valence-corrected chi connectivity index (χ3v) is 1.16. The number of Topliss-reactive ketones (excluding diaryl/α,β-unsaturated/α-hetero) is 1. The van der Waals surface area contributed by atoms with Crippen molar-refractivity contribution in [1.82, 2.24) is 0 Å². The molecule has 6 heteroatoms. The lowest BCUT2D eigenvalue weighted by Gasteiger charge is -2.00. The van der Waals surface area contributed by atoms with Crippen LogP contribution in [0.15, 0.2) is 22.3 Å². The molecular weight excluding hydrogens is 188 g/mol. The van der Waals surface area contributed by atoms with Gasteiger partial charge in [-0.25, -0.2) is 9.79 Å². The third kappa shape index (κ3) is 4.08. The Balaban J connectivity index is 4.53. The van der Waals surface area contributed by atoms with E-state index in [9.17, 15) is 14.4 Å². The highest BCUT2D eigenvalue weighted by Gasteiger charge is 2.12. The number of carbonyl (C=O) groups is 2. The molecule has 0 heterocycles. The largest absolute Gasteiger partial charge is 0.379 e. The predicted octanol–water partition coefficient (Wildman–Crippen LogP) is -0.00360. The average Bonchev–Trinajstić information content (AvgIpc) is 2.15. The Bertz CT molecular complexity index is 326. The molecule has 0 saturated heterocycles. The topological polar surface area (TPSA) is 85.2 Å². The van der Waals surface area contributed by atoms with E-state index in [4.69, 9.17) is 0 Å². The number of ketones is 1. The highest BCUT2D eigenvalue weighted by Crippen LogP contribution is 1.94. The predicted molar refractivity (Wildman–Crippen MR) is 47.4 cm³/mol. The molecule has 0 radical (unpaired) electrons. The molecule has 74 valence electrons. The molecule has 0 aromatic heterocycles. The van der Waals surface area contributed by atoms with Gasteiger partial charge in [0.25, 0.3) is 6.08 Å². The fraction of sp³-hybridized carbons (Fsp3) is 0.250. The van der Waals surface area contributed by atoms with Crippen LogP contribution in [-0.4, -0.2) is 30.6 Å². The number of aliphatic imine (C=N–C) groups is 1.